The number of nitrogens with zero attached hydrogens (tertiary/aromatic N) is 1. The zero-order chi connectivity index (χ0) is 16.3. The molecule has 0 bridgehead atoms. The lowest BCUT2D eigenvalue weighted by molar-refractivity contribution is 0.0691. The van der Waals surface area contributed by atoms with Crippen LogP contribution in [-0.2, 0) is 10.0 Å². The number of benzene rings is 1. The van der Waals surface area contributed by atoms with E-state index in [9.17, 15) is 17.6 Å². The van der Waals surface area contributed by atoms with Crippen LogP contribution in [0, 0.1) is 5.82 Å². The van der Waals surface area contributed by atoms with Gasteiger partial charge in [-0.15, -0.1) is 0 Å². The number of pyridine rings is 1. The maximum Gasteiger partial charge on any atom is 0.338 e. The van der Waals surface area contributed by atoms with Gasteiger partial charge < -0.3 is 5.11 Å². The van der Waals surface area contributed by atoms with Crippen molar-refractivity contribution in [2.75, 3.05) is 0 Å². The second kappa shape index (κ2) is 6.20. The molecule has 0 aliphatic carbocycles. The molecule has 0 amide bonds. The van der Waals surface area contributed by atoms with Crippen LogP contribution in [0.1, 0.15) is 29.0 Å². The third-order valence-corrected chi connectivity index (χ3v) is 4.48. The van der Waals surface area contributed by atoms with Gasteiger partial charge >= 0.3 is 5.97 Å². The van der Waals surface area contributed by atoms with E-state index < -0.39 is 33.4 Å². The number of rotatable bonds is 5. The van der Waals surface area contributed by atoms with Crippen LogP contribution in [0.15, 0.2) is 47.5 Å². The molecule has 0 aliphatic rings. The maximum absolute atomic E-state index is 13.3. The third kappa shape index (κ3) is 3.46. The molecular weight excluding hydrogens is 311 g/mol. The van der Waals surface area contributed by atoms with E-state index in [4.69, 9.17) is 5.11 Å². The molecule has 116 valence electrons. The number of halogens is 1. The second-order valence-electron chi connectivity index (χ2n) is 4.54. The van der Waals surface area contributed by atoms with Crippen molar-refractivity contribution in [3.63, 3.8) is 0 Å². The lowest BCUT2D eigenvalue weighted by Gasteiger charge is -2.14. The summed E-state index contributed by atoms with van der Waals surface area (Å²) in [4.78, 5) is 14.6. The second-order valence-corrected chi connectivity index (χ2v) is 6.26. The van der Waals surface area contributed by atoms with Gasteiger partial charge in [0.05, 0.1) is 22.2 Å². The average molecular weight is 324 g/mol. The van der Waals surface area contributed by atoms with Crippen molar-refractivity contribution >= 4 is 16.0 Å². The number of nitrogens with one attached hydrogen (secondary N) is 1. The first-order chi connectivity index (χ1) is 10.3. The van der Waals surface area contributed by atoms with Gasteiger partial charge in [0.1, 0.15) is 5.82 Å². The molecule has 8 heteroatoms. The van der Waals surface area contributed by atoms with Gasteiger partial charge in [-0.25, -0.2) is 22.3 Å². The van der Waals surface area contributed by atoms with Gasteiger partial charge in [0, 0.05) is 6.20 Å². The standard InChI is InChI=1S/C14H13FN2O4S/c1-9(13-4-2-3-7-16-13)17-22(20,21)10-5-6-12(15)11(8-10)14(18)19/h2-9,17H,1H3,(H,18,19)/t9-/m0/s1. The molecular formula is C14H13FN2O4S. The van der Waals surface area contributed by atoms with Crippen LogP contribution in [0.5, 0.6) is 0 Å². The summed E-state index contributed by atoms with van der Waals surface area (Å²) in [6.07, 6.45) is 1.53. The summed E-state index contributed by atoms with van der Waals surface area (Å²) in [5.41, 5.74) is -0.194. The predicted octanol–water partition coefficient (Wildman–Crippen LogP) is 1.96. The quantitative estimate of drug-likeness (QED) is 0.876. The fraction of sp³-hybridized carbons (Fsp3) is 0.143. The van der Waals surface area contributed by atoms with Crippen LogP contribution in [0.25, 0.3) is 0 Å². The average Bonchev–Trinajstić information content (AvgIpc) is 2.47. The van der Waals surface area contributed by atoms with Crippen molar-refractivity contribution in [1.29, 1.82) is 0 Å². The molecule has 2 rings (SSSR count). The van der Waals surface area contributed by atoms with E-state index in [1.54, 1.807) is 25.1 Å². The Bertz CT molecular complexity index is 794. The largest absolute Gasteiger partial charge is 0.478 e. The van der Waals surface area contributed by atoms with Crippen molar-refractivity contribution in [1.82, 2.24) is 9.71 Å². The molecule has 0 fully saturated rings. The van der Waals surface area contributed by atoms with Crippen molar-refractivity contribution in [3.8, 4) is 0 Å². The highest BCUT2D eigenvalue weighted by molar-refractivity contribution is 7.89. The first kappa shape index (κ1) is 16.1. The minimum Gasteiger partial charge on any atom is -0.478 e. The molecule has 0 saturated heterocycles. The zero-order valence-electron chi connectivity index (χ0n) is 11.5. The molecule has 0 unspecified atom stereocenters. The first-order valence-corrected chi connectivity index (χ1v) is 7.75. The lowest BCUT2D eigenvalue weighted by atomic mass is 10.2. The highest BCUT2D eigenvalue weighted by Crippen LogP contribution is 2.18. The number of sulfonamides is 1. The molecule has 1 heterocycles. The van der Waals surface area contributed by atoms with Gasteiger partial charge in [0.25, 0.3) is 0 Å². The van der Waals surface area contributed by atoms with Gasteiger partial charge in [-0.2, -0.15) is 0 Å². The Morgan fingerprint density at radius 1 is 1.32 bits per heavy atom. The first-order valence-electron chi connectivity index (χ1n) is 6.27. The van der Waals surface area contributed by atoms with Crippen molar-refractivity contribution in [3.05, 3.63) is 59.7 Å². The molecule has 0 radical (unpaired) electrons. The number of hydrogen-bond acceptors (Lipinski definition) is 4. The highest BCUT2D eigenvalue weighted by Gasteiger charge is 2.22. The Morgan fingerprint density at radius 3 is 2.64 bits per heavy atom. The third-order valence-electron chi connectivity index (χ3n) is 2.94. The minimum absolute atomic E-state index is 0.325. The van der Waals surface area contributed by atoms with Crippen molar-refractivity contribution in [2.45, 2.75) is 17.9 Å². The number of hydrogen-bond donors (Lipinski definition) is 2. The topological polar surface area (TPSA) is 96.4 Å². The van der Waals surface area contributed by atoms with E-state index in [1.807, 2.05) is 0 Å². The summed E-state index contributed by atoms with van der Waals surface area (Å²) < 4.78 is 40.2. The summed E-state index contributed by atoms with van der Waals surface area (Å²) in [7, 11) is -4.00. The summed E-state index contributed by atoms with van der Waals surface area (Å²) >= 11 is 0. The van der Waals surface area contributed by atoms with Gasteiger partial charge in [-0.1, -0.05) is 6.07 Å². The van der Waals surface area contributed by atoms with Crippen LogP contribution in [-0.4, -0.2) is 24.5 Å². The van der Waals surface area contributed by atoms with E-state index in [2.05, 4.69) is 9.71 Å². The SMILES string of the molecule is C[C@H](NS(=O)(=O)c1ccc(F)c(C(=O)O)c1)c1ccccn1. The number of carbonyl (C=O) groups is 1. The van der Waals surface area contributed by atoms with Gasteiger partial charge in [0.2, 0.25) is 10.0 Å². The van der Waals surface area contributed by atoms with E-state index in [-0.39, 0.29) is 4.90 Å². The molecule has 0 aliphatic heterocycles. The Kier molecular flexibility index (Phi) is 4.53. The minimum atomic E-state index is -4.00. The van der Waals surface area contributed by atoms with Crippen molar-refractivity contribution < 1.29 is 22.7 Å². The van der Waals surface area contributed by atoms with Gasteiger partial charge in [0.15, 0.2) is 0 Å². The van der Waals surface area contributed by atoms with Crippen LogP contribution >= 0.6 is 0 Å². The molecule has 0 saturated carbocycles. The summed E-state index contributed by atoms with van der Waals surface area (Å²) in [6.45, 7) is 1.60. The molecule has 6 nitrogen and oxygen atoms in total. The van der Waals surface area contributed by atoms with E-state index in [1.165, 1.54) is 6.20 Å². The van der Waals surface area contributed by atoms with Crippen LogP contribution in [0.3, 0.4) is 0 Å². The van der Waals surface area contributed by atoms with Crippen LogP contribution < -0.4 is 4.72 Å². The molecule has 0 spiro atoms. The van der Waals surface area contributed by atoms with E-state index in [0.29, 0.717) is 5.69 Å². The Hall–Kier alpha value is -2.32. The van der Waals surface area contributed by atoms with E-state index >= 15 is 0 Å². The Labute approximate surface area is 126 Å². The molecule has 2 N–H and O–H groups in total. The highest BCUT2D eigenvalue weighted by atomic mass is 32.2. The molecule has 1 aromatic carbocycles. The number of aromatic nitrogens is 1. The fourth-order valence-corrected chi connectivity index (χ4v) is 3.07. The van der Waals surface area contributed by atoms with Gasteiger partial charge in [-0.3, -0.25) is 4.98 Å². The Morgan fingerprint density at radius 2 is 2.05 bits per heavy atom. The predicted molar refractivity (Wildman–Crippen MR) is 76.3 cm³/mol. The molecule has 1 aromatic heterocycles. The number of carboxylic acid groups (broad SMARTS) is 1. The molecule has 1 atom stereocenters. The van der Waals surface area contributed by atoms with E-state index in [0.717, 1.165) is 18.2 Å². The zero-order valence-corrected chi connectivity index (χ0v) is 12.3. The summed E-state index contributed by atoms with van der Waals surface area (Å²) in [5.74, 6) is -2.53. The molecule has 2 aromatic rings. The summed E-state index contributed by atoms with van der Waals surface area (Å²) in [5, 5.41) is 8.85. The van der Waals surface area contributed by atoms with Crippen molar-refractivity contribution in [2.24, 2.45) is 0 Å². The smallest absolute Gasteiger partial charge is 0.338 e. The van der Waals surface area contributed by atoms with Crippen LogP contribution in [0.4, 0.5) is 4.39 Å². The number of carboxylic acids is 1. The normalized spacial score (nSPS) is 12.8. The lowest BCUT2D eigenvalue weighted by Crippen LogP contribution is -2.27. The maximum atomic E-state index is 13.3. The Balaban J connectivity index is 2.31. The molecule has 22 heavy (non-hydrogen) atoms. The monoisotopic (exact) mass is 324 g/mol. The fourth-order valence-electron chi connectivity index (χ4n) is 1.83. The summed E-state index contributed by atoms with van der Waals surface area (Å²) in [6, 6.07) is 7.05. The van der Waals surface area contributed by atoms with Gasteiger partial charge in [-0.05, 0) is 37.3 Å². The van der Waals surface area contributed by atoms with Crippen LogP contribution in [0.2, 0.25) is 0 Å². The number of aromatic carboxylic acids is 1.